The number of carbonyl (C=O) groups excluding carboxylic acids is 3. The Labute approximate surface area is 199 Å². The molecule has 9 nitrogen and oxygen atoms in total. The molecule has 1 saturated carbocycles. The van der Waals surface area contributed by atoms with Gasteiger partial charge in [-0.25, -0.2) is 12.8 Å². The van der Waals surface area contributed by atoms with E-state index < -0.39 is 33.8 Å². The fourth-order valence-corrected chi connectivity index (χ4v) is 6.57. The summed E-state index contributed by atoms with van der Waals surface area (Å²) in [6.45, 7) is 0.551. The molecule has 0 aromatic heterocycles. The molecule has 11 heteroatoms. The van der Waals surface area contributed by atoms with Crippen molar-refractivity contribution in [2.75, 3.05) is 26.2 Å². The standard InChI is InChI=1S/C23H31FN4O5S/c24-17-8-10-18(11-9-17)34(32,33)28-14-13-27(23(31)16-5-2-1-3-6-16)15-20(28)22(30)26-19-7-4-12-25-21(19)29/h8-11,16,19-20H,1-7,12-15H2,(H,25,29)(H,26,30)/t19-,20+/m0/s1. The number of hydrogen-bond donors (Lipinski definition) is 2. The summed E-state index contributed by atoms with van der Waals surface area (Å²) in [7, 11) is -4.13. The van der Waals surface area contributed by atoms with Crippen molar-refractivity contribution in [2.24, 2.45) is 5.92 Å². The van der Waals surface area contributed by atoms with Gasteiger partial charge >= 0.3 is 0 Å². The molecule has 186 valence electrons. The van der Waals surface area contributed by atoms with Gasteiger partial charge in [0.2, 0.25) is 27.7 Å². The molecule has 1 aromatic rings. The number of nitrogens with one attached hydrogen (secondary N) is 2. The molecular weight excluding hydrogens is 463 g/mol. The van der Waals surface area contributed by atoms with Gasteiger partial charge in [-0.1, -0.05) is 19.3 Å². The van der Waals surface area contributed by atoms with Crippen LogP contribution in [0.15, 0.2) is 29.2 Å². The second-order valence-corrected chi connectivity index (χ2v) is 11.1. The molecule has 0 spiro atoms. The van der Waals surface area contributed by atoms with E-state index in [1.807, 2.05) is 0 Å². The van der Waals surface area contributed by atoms with Crippen LogP contribution in [-0.2, 0) is 24.4 Å². The maximum atomic E-state index is 13.4. The van der Waals surface area contributed by atoms with Gasteiger partial charge < -0.3 is 15.5 Å². The van der Waals surface area contributed by atoms with E-state index in [-0.39, 0.29) is 42.3 Å². The predicted molar refractivity (Wildman–Crippen MR) is 121 cm³/mol. The molecular formula is C23H31FN4O5S. The Kier molecular flexibility index (Phi) is 7.51. The third kappa shape index (κ3) is 5.25. The van der Waals surface area contributed by atoms with E-state index in [4.69, 9.17) is 0 Å². The Morgan fingerprint density at radius 2 is 1.71 bits per heavy atom. The summed E-state index contributed by atoms with van der Waals surface area (Å²) in [5, 5.41) is 5.38. The van der Waals surface area contributed by atoms with Crippen LogP contribution >= 0.6 is 0 Å². The van der Waals surface area contributed by atoms with Gasteiger partial charge in [-0.05, 0) is 49.9 Å². The lowest BCUT2D eigenvalue weighted by Gasteiger charge is -2.41. The third-order valence-electron chi connectivity index (χ3n) is 6.92. The molecule has 4 rings (SSSR count). The van der Waals surface area contributed by atoms with Gasteiger partial charge in [-0.2, -0.15) is 4.31 Å². The zero-order valence-corrected chi connectivity index (χ0v) is 19.9. The molecule has 2 atom stereocenters. The van der Waals surface area contributed by atoms with Crippen LogP contribution in [0.25, 0.3) is 0 Å². The summed E-state index contributed by atoms with van der Waals surface area (Å²) in [6.07, 6.45) is 5.82. The van der Waals surface area contributed by atoms with E-state index in [0.717, 1.165) is 60.7 Å². The van der Waals surface area contributed by atoms with Crippen molar-refractivity contribution in [3.8, 4) is 0 Å². The van der Waals surface area contributed by atoms with Gasteiger partial charge in [0.1, 0.15) is 17.9 Å². The molecule has 2 heterocycles. The summed E-state index contributed by atoms with van der Waals surface area (Å²) >= 11 is 0. The molecule has 3 aliphatic rings. The monoisotopic (exact) mass is 494 g/mol. The van der Waals surface area contributed by atoms with Gasteiger partial charge in [0.05, 0.1) is 4.90 Å². The van der Waals surface area contributed by atoms with Gasteiger partial charge in [0.15, 0.2) is 0 Å². The number of halogens is 1. The Bertz CT molecular complexity index is 1030. The highest BCUT2D eigenvalue weighted by Crippen LogP contribution is 2.28. The summed E-state index contributed by atoms with van der Waals surface area (Å²) in [5.74, 6) is -1.65. The average molecular weight is 495 g/mol. The highest BCUT2D eigenvalue weighted by molar-refractivity contribution is 7.89. The topological polar surface area (TPSA) is 116 Å². The normalized spacial score (nSPS) is 25.0. The Morgan fingerprint density at radius 1 is 1.00 bits per heavy atom. The second-order valence-electron chi connectivity index (χ2n) is 9.20. The number of amides is 3. The van der Waals surface area contributed by atoms with E-state index in [1.54, 1.807) is 4.90 Å². The van der Waals surface area contributed by atoms with Gasteiger partial charge in [0, 0.05) is 32.1 Å². The lowest BCUT2D eigenvalue weighted by molar-refractivity contribution is -0.141. The number of piperidine rings is 1. The van der Waals surface area contributed by atoms with Crippen LogP contribution in [0.3, 0.4) is 0 Å². The fourth-order valence-electron chi connectivity index (χ4n) is 5.00. The fraction of sp³-hybridized carbons (Fsp3) is 0.609. The molecule has 1 aliphatic carbocycles. The van der Waals surface area contributed by atoms with Crippen LogP contribution in [0.4, 0.5) is 4.39 Å². The Hall–Kier alpha value is -2.53. The first-order valence-corrected chi connectivity index (χ1v) is 13.4. The number of piperazine rings is 1. The van der Waals surface area contributed by atoms with Crippen LogP contribution in [-0.4, -0.2) is 73.6 Å². The first kappa shape index (κ1) is 24.6. The van der Waals surface area contributed by atoms with Gasteiger partial charge in [-0.15, -0.1) is 0 Å². The Morgan fingerprint density at radius 3 is 2.38 bits per heavy atom. The number of sulfonamides is 1. The SMILES string of the molecule is O=C1NCCC[C@@H]1NC(=O)[C@H]1CN(C(=O)C2CCCCC2)CCN1S(=O)(=O)c1ccc(F)cc1. The van der Waals surface area contributed by atoms with Gasteiger partial charge in [0.25, 0.3) is 0 Å². The van der Waals surface area contributed by atoms with E-state index in [2.05, 4.69) is 10.6 Å². The number of carbonyl (C=O) groups is 3. The number of benzene rings is 1. The highest BCUT2D eigenvalue weighted by atomic mass is 32.2. The molecule has 3 amide bonds. The molecule has 34 heavy (non-hydrogen) atoms. The van der Waals surface area contributed by atoms with Crippen molar-refractivity contribution in [2.45, 2.75) is 61.9 Å². The van der Waals surface area contributed by atoms with Crippen molar-refractivity contribution in [1.29, 1.82) is 0 Å². The first-order valence-electron chi connectivity index (χ1n) is 11.9. The summed E-state index contributed by atoms with van der Waals surface area (Å²) in [4.78, 5) is 40.1. The number of hydrogen-bond acceptors (Lipinski definition) is 5. The van der Waals surface area contributed by atoms with Crippen molar-refractivity contribution in [1.82, 2.24) is 19.8 Å². The smallest absolute Gasteiger partial charge is 0.243 e. The maximum Gasteiger partial charge on any atom is 0.243 e. The van der Waals surface area contributed by atoms with Crippen molar-refractivity contribution in [3.05, 3.63) is 30.1 Å². The minimum atomic E-state index is -4.13. The first-order chi connectivity index (χ1) is 16.3. The van der Waals surface area contributed by atoms with Crippen molar-refractivity contribution in [3.63, 3.8) is 0 Å². The molecule has 3 fully saturated rings. The van der Waals surface area contributed by atoms with Crippen molar-refractivity contribution >= 4 is 27.7 Å². The van der Waals surface area contributed by atoms with E-state index in [0.29, 0.717) is 19.4 Å². The second kappa shape index (κ2) is 10.4. The summed E-state index contributed by atoms with van der Waals surface area (Å²) in [6, 6.07) is 2.49. The maximum absolute atomic E-state index is 13.4. The zero-order valence-electron chi connectivity index (χ0n) is 19.0. The summed E-state index contributed by atoms with van der Waals surface area (Å²) in [5.41, 5.74) is 0. The zero-order chi connectivity index (χ0) is 24.3. The molecule has 2 saturated heterocycles. The van der Waals surface area contributed by atoms with Gasteiger partial charge in [-0.3, -0.25) is 14.4 Å². The van der Waals surface area contributed by atoms with Crippen LogP contribution in [0.2, 0.25) is 0 Å². The molecule has 0 radical (unpaired) electrons. The highest BCUT2D eigenvalue weighted by Gasteiger charge is 2.43. The quantitative estimate of drug-likeness (QED) is 0.634. The van der Waals surface area contributed by atoms with Crippen molar-refractivity contribution < 1.29 is 27.2 Å². The van der Waals surface area contributed by atoms with E-state index in [1.165, 1.54) is 0 Å². The minimum Gasteiger partial charge on any atom is -0.354 e. The lowest BCUT2D eigenvalue weighted by Crippen LogP contribution is -2.64. The third-order valence-corrected chi connectivity index (χ3v) is 8.84. The van der Waals surface area contributed by atoms with E-state index >= 15 is 0 Å². The number of rotatable bonds is 5. The predicted octanol–water partition coefficient (Wildman–Crippen LogP) is 1.00. The van der Waals surface area contributed by atoms with Crippen LogP contribution in [0.1, 0.15) is 44.9 Å². The summed E-state index contributed by atoms with van der Waals surface area (Å²) < 4.78 is 41.2. The molecule has 0 unspecified atom stereocenters. The lowest BCUT2D eigenvalue weighted by atomic mass is 9.88. The van der Waals surface area contributed by atoms with E-state index in [9.17, 15) is 27.2 Å². The molecule has 2 aliphatic heterocycles. The van der Waals surface area contributed by atoms with Crippen LogP contribution in [0, 0.1) is 11.7 Å². The molecule has 2 N–H and O–H groups in total. The molecule has 1 aromatic carbocycles. The molecule has 0 bridgehead atoms. The Balaban J connectivity index is 1.58. The number of nitrogens with zero attached hydrogens (tertiary/aromatic N) is 2. The van der Waals surface area contributed by atoms with Crippen LogP contribution in [0.5, 0.6) is 0 Å². The average Bonchev–Trinajstić information content (AvgIpc) is 2.85. The largest absolute Gasteiger partial charge is 0.354 e. The van der Waals surface area contributed by atoms with Crippen LogP contribution < -0.4 is 10.6 Å². The minimum absolute atomic E-state index is 0.0493.